The van der Waals surface area contributed by atoms with E-state index < -0.39 is 0 Å². The first kappa shape index (κ1) is 10.4. The number of hydrogen-bond donors (Lipinski definition) is 2. The Morgan fingerprint density at radius 1 is 1.29 bits per heavy atom. The van der Waals surface area contributed by atoms with Gasteiger partial charge in [-0.05, 0) is 57.7 Å². The summed E-state index contributed by atoms with van der Waals surface area (Å²) in [4.78, 5) is 0. The van der Waals surface area contributed by atoms with Gasteiger partial charge in [-0.25, -0.2) is 0 Å². The molecule has 2 saturated heterocycles. The first-order valence-electron chi connectivity index (χ1n) is 6.30. The van der Waals surface area contributed by atoms with Crippen molar-refractivity contribution in [3.8, 4) is 0 Å². The molecule has 0 aromatic heterocycles. The van der Waals surface area contributed by atoms with Gasteiger partial charge in [0.1, 0.15) is 0 Å². The van der Waals surface area contributed by atoms with E-state index in [4.69, 9.17) is 0 Å². The molecule has 0 aliphatic carbocycles. The second kappa shape index (κ2) is 4.63. The zero-order chi connectivity index (χ0) is 9.86. The third-order valence-electron chi connectivity index (χ3n) is 4.10. The summed E-state index contributed by atoms with van der Waals surface area (Å²) in [6, 6.07) is 0. The van der Waals surface area contributed by atoms with Crippen LogP contribution in [-0.4, -0.2) is 25.2 Å². The lowest BCUT2D eigenvalue weighted by atomic mass is 9.79. The van der Waals surface area contributed by atoms with Gasteiger partial charge in [0.25, 0.3) is 0 Å². The van der Waals surface area contributed by atoms with E-state index in [1.807, 2.05) is 0 Å². The third-order valence-corrected chi connectivity index (χ3v) is 4.10. The van der Waals surface area contributed by atoms with Crippen molar-refractivity contribution in [2.75, 3.05) is 19.6 Å². The maximum Gasteiger partial charge on any atom is 0.0182 e. The molecule has 2 fully saturated rings. The van der Waals surface area contributed by atoms with Crippen LogP contribution in [0.15, 0.2) is 0 Å². The summed E-state index contributed by atoms with van der Waals surface area (Å²) in [5.41, 5.74) is 0.495. The van der Waals surface area contributed by atoms with E-state index in [1.54, 1.807) is 0 Å². The SMILES string of the molecule is CCC1(CC2CCNC2)CCCCN1. The van der Waals surface area contributed by atoms with Gasteiger partial charge < -0.3 is 10.6 Å². The molecule has 0 amide bonds. The molecule has 2 unspecified atom stereocenters. The van der Waals surface area contributed by atoms with Crippen molar-refractivity contribution < 1.29 is 0 Å². The van der Waals surface area contributed by atoms with Crippen LogP contribution in [0.1, 0.15) is 45.4 Å². The van der Waals surface area contributed by atoms with Gasteiger partial charge in [-0.15, -0.1) is 0 Å². The fourth-order valence-corrected chi connectivity index (χ4v) is 3.09. The molecule has 14 heavy (non-hydrogen) atoms. The largest absolute Gasteiger partial charge is 0.316 e. The third kappa shape index (κ3) is 2.29. The highest BCUT2D eigenvalue weighted by Crippen LogP contribution is 2.31. The Morgan fingerprint density at radius 2 is 2.21 bits per heavy atom. The van der Waals surface area contributed by atoms with Gasteiger partial charge in [-0.2, -0.15) is 0 Å². The Labute approximate surface area is 87.8 Å². The van der Waals surface area contributed by atoms with Crippen molar-refractivity contribution in [2.24, 2.45) is 5.92 Å². The minimum absolute atomic E-state index is 0.495. The van der Waals surface area contributed by atoms with Crippen LogP contribution in [0.5, 0.6) is 0 Å². The van der Waals surface area contributed by atoms with Crippen LogP contribution in [0.4, 0.5) is 0 Å². The van der Waals surface area contributed by atoms with Crippen LogP contribution in [0.2, 0.25) is 0 Å². The summed E-state index contributed by atoms with van der Waals surface area (Å²) in [6.07, 6.45) is 8.31. The van der Waals surface area contributed by atoms with Crippen molar-refractivity contribution in [3.63, 3.8) is 0 Å². The molecule has 2 rings (SSSR count). The molecule has 0 spiro atoms. The molecule has 2 heterocycles. The number of rotatable bonds is 3. The second-order valence-electron chi connectivity index (χ2n) is 5.08. The Hall–Kier alpha value is -0.0800. The highest BCUT2D eigenvalue weighted by atomic mass is 15.0. The zero-order valence-electron chi connectivity index (χ0n) is 9.44. The van der Waals surface area contributed by atoms with Crippen molar-refractivity contribution in [1.82, 2.24) is 10.6 Å². The molecule has 0 saturated carbocycles. The van der Waals surface area contributed by atoms with E-state index in [0.29, 0.717) is 5.54 Å². The minimum Gasteiger partial charge on any atom is -0.316 e. The highest BCUT2D eigenvalue weighted by molar-refractivity contribution is 4.93. The van der Waals surface area contributed by atoms with Crippen molar-refractivity contribution in [1.29, 1.82) is 0 Å². The van der Waals surface area contributed by atoms with Gasteiger partial charge >= 0.3 is 0 Å². The Balaban J connectivity index is 1.89. The Bertz CT molecular complexity index is 167. The van der Waals surface area contributed by atoms with E-state index in [9.17, 15) is 0 Å². The first-order valence-corrected chi connectivity index (χ1v) is 6.30. The molecular formula is C12H24N2. The molecule has 2 atom stereocenters. The van der Waals surface area contributed by atoms with E-state index in [-0.39, 0.29) is 0 Å². The van der Waals surface area contributed by atoms with Crippen LogP contribution in [0.3, 0.4) is 0 Å². The topological polar surface area (TPSA) is 24.1 Å². The average Bonchev–Trinajstić information content (AvgIpc) is 2.72. The zero-order valence-corrected chi connectivity index (χ0v) is 9.44. The predicted molar refractivity (Wildman–Crippen MR) is 60.5 cm³/mol. The summed E-state index contributed by atoms with van der Waals surface area (Å²) in [5.74, 6) is 0.931. The Morgan fingerprint density at radius 3 is 2.79 bits per heavy atom. The molecule has 2 aliphatic rings. The first-order chi connectivity index (χ1) is 6.85. The number of hydrogen-bond acceptors (Lipinski definition) is 2. The highest BCUT2D eigenvalue weighted by Gasteiger charge is 2.33. The van der Waals surface area contributed by atoms with E-state index >= 15 is 0 Å². The molecule has 0 radical (unpaired) electrons. The summed E-state index contributed by atoms with van der Waals surface area (Å²) in [7, 11) is 0. The normalized spacial score (nSPS) is 38.8. The van der Waals surface area contributed by atoms with Gasteiger partial charge in [0.05, 0.1) is 0 Å². The van der Waals surface area contributed by atoms with Crippen molar-refractivity contribution in [2.45, 2.75) is 51.0 Å². The number of nitrogens with one attached hydrogen (secondary N) is 2. The summed E-state index contributed by atoms with van der Waals surface area (Å²) >= 11 is 0. The van der Waals surface area contributed by atoms with Crippen LogP contribution >= 0.6 is 0 Å². The summed E-state index contributed by atoms with van der Waals surface area (Å²) in [6.45, 7) is 6.09. The standard InChI is InChI=1S/C12H24N2/c1-2-12(6-3-4-7-14-12)9-11-5-8-13-10-11/h11,13-14H,2-10H2,1H3. The van der Waals surface area contributed by atoms with Crippen LogP contribution in [0, 0.1) is 5.92 Å². The average molecular weight is 196 g/mol. The molecule has 0 aromatic carbocycles. The second-order valence-corrected chi connectivity index (χ2v) is 5.08. The molecular weight excluding hydrogens is 172 g/mol. The summed E-state index contributed by atoms with van der Waals surface area (Å²) < 4.78 is 0. The molecule has 82 valence electrons. The van der Waals surface area contributed by atoms with Gasteiger partial charge in [0.15, 0.2) is 0 Å². The fourth-order valence-electron chi connectivity index (χ4n) is 3.09. The lowest BCUT2D eigenvalue weighted by molar-refractivity contribution is 0.199. The van der Waals surface area contributed by atoms with Gasteiger partial charge in [-0.3, -0.25) is 0 Å². The Kier molecular flexibility index (Phi) is 3.45. The van der Waals surface area contributed by atoms with E-state index in [0.717, 1.165) is 5.92 Å². The molecule has 0 aromatic rings. The number of piperidine rings is 1. The van der Waals surface area contributed by atoms with Gasteiger partial charge in [0.2, 0.25) is 0 Å². The maximum absolute atomic E-state index is 3.78. The summed E-state index contributed by atoms with van der Waals surface area (Å²) in [5, 5.41) is 7.26. The lowest BCUT2D eigenvalue weighted by Crippen LogP contribution is -2.49. The predicted octanol–water partition coefficient (Wildman–Crippen LogP) is 1.91. The smallest absolute Gasteiger partial charge is 0.0182 e. The van der Waals surface area contributed by atoms with Crippen LogP contribution in [0.25, 0.3) is 0 Å². The monoisotopic (exact) mass is 196 g/mol. The molecule has 2 nitrogen and oxygen atoms in total. The quantitative estimate of drug-likeness (QED) is 0.720. The van der Waals surface area contributed by atoms with E-state index in [2.05, 4.69) is 17.6 Å². The maximum atomic E-state index is 3.78. The van der Waals surface area contributed by atoms with Gasteiger partial charge in [0, 0.05) is 5.54 Å². The van der Waals surface area contributed by atoms with Gasteiger partial charge in [-0.1, -0.05) is 13.3 Å². The van der Waals surface area contributed by atoms with Crippen LogP contribution < -0.4 is 10.6 Å². The fraction of sp³-hybridized carbons (Fsp3) is 1.00. The minimum atomic E-state index is 0.495. The van der Waals surface area contributed by atoms with E-state index in [1.165, 1.54) is 58.2 Å². The van der Waals surface area contributed by atoms with Crippen LogP contribution in [-0.2, 0) is 0 Å². The van der Waals surface area contributed by atoms with Crippen molar-refractivity contribution in [3.05, 3.63) is 0 Å². The molecule has 2 N–H and O–H groups in total. The molecule has 2 heteroatoms. The molecule has 0 bridgehead atoms. The molecule has 2 aliphatic heterocycles. The van der Waals surface area contributed by atoms with Crippen molar-refractivity contribution >= 4 is 0 Å². The lowest BCUT2D eigenvalue weighted by Gasteiger charge is -2.39.